The van der Waals surface area contributed by atoms with E-state index in [1.807, 2.05) is 37.1 Å². The third-order valence-electron chi connectivity index (χ3n) is 3.96. The molecule has 0 amide bonds. The molecule has 0 aromatic carbocycles. The van der Waals surface area contributed by atoms with Crippen LogP contribution in [-0.2, 0) is 0 Å². The van der Waals surface area contributed by atoms with Gasteiger partial charge in [0.05, 0.1) is 11.4 Å². The van der Waals surface area contributed by atoms with Crippen LogP contribution in [0.1, 0.15) is 33.6 Å². The first kappa shape index (κ1) is 19.9. The van der Waals surface area contributed by atoms with Crippen LogP contribution in [0.2, 0.25) is 0 Å². The number of nitrogens with two attached hydrogens (primary N) is 1. The lowest BCUT2D eigenvalue weighted by Gasteiger charge is -2.24. The quantitative estimate of drug-likeness (QED) is 0.527. The summed E-state index contributed by atoms with van der Waals surface area (Å²) in [6.07, 6.45) is 13.5. The molecule has 2 rings (SSSR count). The maximum atomic E-state index is 6.53. The molecule has 0 aliphatic heterocycles. The highest BCUT2D eigenvalue weighted by Gasteiger charge is 2.17. The molecule has 1 aliphatic carbocycles. The summed E-state index contributed by atoms with van der Waals surface area (Å²) in [5.74, 6) is 0.980. The number of anilines is 1. The Morgan fingerprint density at radius 2 is 2.19 bits per heavy atom. The van der Waals surface area contributed by atoms with Crippen LogP contribution < -0.4 is 10.5 Å². The highest BCUT2D eigenvalue weighted by molar-refractivity contribution is 6.30. The molecule has 0 atom stereocenters. The van der Waals surface area contributed by atoms with Gasteiger partial charge in [-0.15, -0.1) is 0 Å². The molecular weight excluding hydrogens is 346 g/mol. The summed E-state index contributed by atoms with van der Waals surface area (Å²) in [6, 6.07) is 3.54. The van der Waals surface area contributed by atoms with E-state index in [1.54, 1.807) is 18.3 Å². The van der Waals surface area contributed by atoms with Crippen LogP contribution in [0.5, 0.6) is 5.88 Å². The molecule has 26 heavy (non-hydrogen) atoms. The molecule has 0 bridgehead atoms. The molecule has 0 fully saturated rings. The Balaban J connectivity index is 2.42. The van der Waals surface area contributed by atoms with E-state index in [2.05, 4.69) is 31.0 Å². The SMILES string of the molecule is CC/C=C(C)/C=C(/Oc1ncccc1N)N(C)C1=C(Cl)CC=C(C)C=C1. The van der Waals surface area contributed by atoms with Gasteiger partial charge < -0.3 is 15.4 Å². The standard InChI is InChI=1S/C21H26ClN3O/c1-5-7-16(3)14-20(26-21-18(23)8-6-13-24-21)25(4)19-12-10-15(2)9-11-17(19)22/h6-10,12-14H,5,11,23H2,1-4H3/b16-7+,20-14+. The van der Waals surface area contributed by atoms with E-state index < -0.39 is 0 Å². The lowest BCUT2D eigenvalue weighted by atomic mass is 10.2. The number of ether oxygens (including phenoxy) is 1. The van der Waals surface area contributed by atoms with Gasteiger partial charge in [0.15, 0.2) is 0 Å². The van der Waals surface area contributed by atoms with E-state index in [-0.39, 0.29) is 0 Å². The first-order valence-electron chi connectivity index (χ1n) is 8.66. The van der Waals surface area contributed by atoms with Crippen LogP contribution in [0.25, 0.3) is 0 Å². The van der Waals surface area contributed by atoms with Gasteiger partial charge in [-0.1, -0.05) is 42.3 Å². The summed E-state index contributed by atoms with van der Waals surface area (Å²) in [7, 11) is 1.92. The summed E-state index contributed by atoms with van der Waals surface area (Å²) in [5.41, 5.74) is 9.63. The Morgan fingerprint density at radius 3 is 2.88 bits per heavy atom. The topological polar surface area (TPSA) is 51.4 Å². The fourth-order valence-corrected chi connectivity index (χ4v) is 2.76. The van der Waals surface area contributed by atoms with Crippen molar-refractivity contribution in [3.05, 3.63) is 76.5 Å². The van der Waals surface area contributed by atoms with Gasteiger partial charge in [0.2, 0.25) is 11.8 Å². The number of likely N-dealkylation sites (N-methyl/N-ethyl adjacent to an activating group) is 1. The number of rotatable bonds is 6. The predicted octanol–water partition coefficient (Wildman–Crippen LogP) is 5.53. The summed E-state index contributed by atoms with van der Waals surface area (Å²) in [4.78, 5) is 6.16. The van der Waals surface area contributed by atoms with Crippen LogP contribution in [0.4, 0.5) is 5.69 Å². The van der Waals surface area contributed by atoms with Crippen LogP contribution in [-0.4, -0.2) is 16.9 Å². The lowest BCUT2D eigenvalue weighted by Crippen LogP contribution is -2.22. The van der Waals surface area contributed by atoms with Gasteiger partial charge in [-0.05, 0) is 44.1 Å². The minimum absolute atomic E-state index is 0.374. The van der Waals surface area contributed by atoms with Crippen LogP contribution in [0, 0.1) is 0 Å². The van der Waals surface area contributed by atoms with E-state index >= 15 is 0 Å². The molecule has 4 nitrogen and oxygen atoms in total. The van der Waals surface area contributed by atoms with E-state index in [0.29, 0.717) is 23.9 Å². The molecule has 0 unspecified atom stereocenters. The molecular formula is C21H26ClN3O. The van der Waals surface area contributed by atoms with Gasteiger partial charge in [-0.25, -0.2) is 4.98 Å². The Hall–Kier alpha value is -2.46. The minimum Gasteiger partial charge on any atom is -0.420 e. The average molecular weight is 372 g/mol. The van der Waals surface area contributed by atoms with Crippen molar-refractivity contribution in [3.8, 4) is 5.88 Å². The molecule has 0 saturated heterocycles. The smallest absolute Gasteiger partial charge is 0.244 e. The van der Waals surface area contributed by atoms with Crippen molar-refractivity contribution in [1.82, 2.24) is 9.88 Å². The summed E-state index contributed by atoms with van der Waals surface area (Å²) in [6.45, 7) is 6.19. The van der Waals surface area contributed by atoms with Crippen molar-refractivity contribution < 1.29 is 4.74 Å². The largest absolute Gasteiger partial charge is 0.420 e. The minimum atomic E-state index is 0.374. The lowest BCUT2D eigenvalue weighted by molar-refractivity contribution is 0.283. The van der Waals surface area contributed by atoms with Crippen LogP contribution >= 0.6 is 11.6 Å². The molecule has 1 aliphatic rings. The van der Waals surface area contributed by atoms with Gasteiger partial charge in [-0.3, -0.25) is 0 Å². The maximum Gasteiger partial charge on any atom is 0.244 e. The fourth-order valence-electron chi connectivity index (χ4n) is 2.49. The van der Waals surface area contributed by atoms with Crippen molar-refractivity contribution in [3.63, 3.8) is 0 Å². The van der Waals surface area contributed by atoms with Crippen molar-refractivity contribution >= 4 is 17.3 Å². The van der Waals surface area contributed by atoms with Crippen molar-refractivity contribution in [2.24, 2.45) is 0 Å². The number of aromatic nitrogens is 1. The second-order valence-electron chi connectivity index (χ2n) is 6.17. The first-order chi connectivity index (χ1) is 12.4. The molecule has 1 aromatic heterocycles. The monoisotopic (exact) mass is 371 g/mol. The van der Waals surface area contributed by atoms with E-state index in [9.17, 15) is 0 Å². The van der Waals surface area contributed by atoms with Crippen LogP contribution in [0.3, 0.4) is 0 Å². The van der Waals surface area contributed by atoms with Crippen molar-refractivity contribution in [1.29, 1.82) is 0 Å². The number of halogens is 1. The van der Waals surface area contributed by atoms with Crippen molar-refractivity contribution in [2.75, 3.05) is 12.8 Å². The Morgan fingerprint density at radius 1 is 1.42 bits per heavy atom. The Kier molecular flexibility index (Phi) is 7.10. The van der Waals surface area contributed by atoms with Gasteiger partial charge >= 0.3 is 0 Å². The molecule has 0 radical (unpaired) electrons. The summed E-state index contributed by atoms with van der Waals surface area (Å²) < 4.78 is 6.06. The normalized spacial score (nSPS) is 15.7. The highest BCUT2D eigenvalue weighted by atomic mass is 35.5. The van der Waals surface area contributed by atoms with Crippen molar-refractivity contribution in [2.45, 2.75) is 33.6 Å². The molecule has 0 saturated carbocycles. The number of allylic oxidation sites excluding steroid dienone is 8. The van der Waals surface area contributed by atoms with Crippen LogP contribution in [0.15, 0.2) is 76.5 Å². The number of pyridine rings is 1. The molecule has 0 spiro atoms. The summed E-state index contributed by atoms with van der Waals surface area (Å²) in [5, 5.41) is 0.751. The number of hydrogen-bond acceptors (Lipinski definition) is 4. The zero-order valence-electron chi connectivity index (χ0n) is 15.8. The number of nitrogen functional groups attached to an aromatic ring is 1. The Labute approximate surface area is 161 Å². The zero-order chi connectivity index (χ0) is 19.1. The zero-order valence-corrected chi connectivity index (χ0v) is 16.5. The second-order valence-corrected chi connectivity index (χ2v) is 6.63. The van der Waals surface area contributed by atoms with Gasteiger partial charge in [-0.2, -0.15) is 0 Å². The highest BCUT2D eigenvalue weighted by Crippen LogP contribution is 2.28. The first-order valence-corrected chi connectivity index (χ1v) is 9.04. The summed E-state index contributed by atoms with van der Waals surface area (Å²) >= 11 is 6.53. The van der Waals surface area contributed by atoms with Gasteiger partial charge in [0.1, 0.15) is 0 Å². The van der Waals surface area contributed by atoms with E-state index in [0.717, 1.165) is 22.7 Å². The molecule has 138 valence electrons. The van der Waals surface area contributed by atoms with E-state index in [4.69, 9.17) is 22.1 Å². The fraction of sp³-hybridized carbons (Fsp3) is 0.286. The van der Waals surface area contributed by atoms with Gasteiger partial charge in [0, 0.05) is 30.8 Å². The van der Waals surface area contributed by atoms with E-state index in [1.165, 1.54) is 5.57 Å². The second kappa shape index (κ2) is 9.30. The average Bonchev–Trinajstić information content (AvgIpc) is 2.77. The molecule has 5 heteroatoms. The number of nitrogens with zero attached hydrogens (tertiary/aromatic N) is 2. The maximum absolute atomic E-state index is 6.53. The Bertz CT molecular complexity index is 803. The molecule has 1 aromatic rings. The number of hydrogen-bond donors (Lipinski definition) is 1. The molecule has 2 N–H and O–H groups in total. The third-order valence-corrected chi connectivity index (χ3v) is 4.30. The predicted molar refractivity (Wildman–Crippen MR) is 110 cm³/mol. The van der Waals surface area contributed by atoms with Gasteiger partial charge in [0.25, 0.3) is 0 Å². The third kappa shape index (κ3) is 5.27. The molecule has 1 heterocycles.